The van der Waals surface area contributed by atoms with Gasteiger partial charge in [-0.2, -0.15) is 0 Å². The summed E-state index contributed by atoms with van der Waals surface area (Å²) in [5.41, 5.74) is 0.717. The Morgan fingerprint density at radius 2 is 1.23 bits per heavy atom. The van der Waals surface area contributed by atoms with Crippen LogP contribution in [0.2, 0.25) is 0 Å². The molecule has 7 nitrogen and oxygen atoms in total. The molecule has 0 aliphatic carbocycles. The van der Waals surface area contributed by atoms with Crippen LogP contribution < -0.4 is 53.0 Å². The first-order chi connectivity index (χ1) is 13.9. The topological polar surface area (TPSA) is 94.1 Å². The van der Waals surface area contributed by atoms with Crippen LogP contribution in [0.15, 0.2) is 72.8 Å². The molecule has 3 rings (SSSR count). The number of carbonyl (C=O) groups is 1. The molecule has 30 heavy (non-hydrogen) atoms. The van der Waals surface area contributed by atoms with Gasteiger partial charge in [0.2, 0.25) is 0 Å². The Kier molecular flexibility index (Phi) is 8.53. The first-order valence-corrected chi connectivity index (χ1v) is 9.99. The van der Waals surface area contributed by atoms with Crippen molar-refractivity contribution < 1.29 is 62.3 Å². The summed E-state index contributed by atoms with van der Waals surface area (Å²) in [7, 11) is -1.63. The van der Waals surface area contributed by atoms with Crippen molar-refractivity contribution in [1.82, 2.24) is 0 Å². The second-order valence-corrected chi connectivity index (χ2v) is 7.16. The van der Waals surface area contributed by atoms with Gasteiger partial charge in [0, 0.05) is 17.2 Å². The van der Waals surface area contributed by atoms with E-state index in [4.69, 9.17) is 18.5 Å². The zero-order valence-corrected chi connectivity index (χ0v) is 19.6. The summed E-state index contributed by atoms with van der Waals surface area (Å²) >= 11 is 0. The summed E-state index contributed by atoms with van der Waals surface area (Å²) in [6.07, 6.45) is 0. The van der Waals surface area contributed by atoms with Crippen molar-refractivity contribution in [3.63, 3.8) is 0 Å². The minimum absolute atomic E-state index is 0. The third kappa shape index (κ3) is 6.36. The molecule has 0 aliphatic rings. The molecular formula is C21H18NaO7P. The number of benzene rings is 3. The van der Waals surface area contributed by atoms with Crippen LogP contribution in [0.3, 0.4) is 0 Å². The Hall–Kier alpha value is -2.28. The van der Waals surface area contributed by atoms with Crippen molar-refractivity contribution in [2.75, 3.05) is 14.2 Å². The first kappa shape index (κ1) is 24.0. The average Bonchev–Trinajstić information content (AvgIpc) is 2.73. The van der Waals surface area contributed by atoms with E-state index in [0.717, 1.165) is 0 Å². The van der Waals surface area contributed by atoms with Gasteiger partial charge in [-0.1, -0.05) is 18.2 Å². The zero-order valence-electron chi connectivity index (χ0n) is 16.7. The molecule has 0 aromatic heterocycles. The molecule has 3 aromatic rings. The Balaban J connectivity index is 0.00000320. The van der Waals surface area contributed by atoms with Crippen molar-refractivity contribution in [3.8, 4) is 23.0 Å². The van der Waals surface area contributed by atoms with Gasteiger partial charge in [0.15, 0.2) is 5.78 Å². The van der Waals surface area contributed by atoms with Crippen molar-refractivity contribution in [2.45, 2.75) is 0 Å². The van der Waals surface area contributed by atoms with E-state index in [-0.39, 0.29) is 46.8 Å². The summed E-state index contributed by atoms with van der Waals surface area (Å²) in [6.45, 7) is 0. The predicted molar refractivity (Wildman–Crippen MR) is 105 cm³/mol. The Labute approximate surface area is 196 Å². The van der Waals surface area contributed by atoms with Gasteiger partial charge in [-0.25, -0.2) is 4.57 Å². The first-order valence-electron chi connectivity index (χ1n) is 8.53. The molecule has 1 atom stereocenters. The second-order valence-electron chi connectivity index (χ2n) is 5.90. The van der Waals surface area contributed by atoms with E-state index in [2.05, 4.69) is 0 Å². The number of hydrogen-bond acceptors (Lipinski definition) is 7. The number of ketones is 1. The molecule has 3 aromatic carbocycles. The van der Waals surface area contributed by atoms with Crippen LogP contribution in [-0.4, -0.2) is 20.0 Å². The van der Waals surface area contributed by atoms with E-state index in [1.165, 1.54) is 50.6 Å². The smallest absolute Gasteiger partial charge is 0.736 e. The van der Waals surface area contributed by atoms with Gasteiger partial charge in [0.05, 0.1) is 14.2 Å². The van der Waals surface area contributed by atoms with E-state index < -0.39 is 7.82 Å². The van der Waals surface area contributed by atoms with Crippen molar-refractivity contribution in [1.29, 1.82) is 0 Å². The number of methoxy groups -OCH3 is 2. The van der Waals surface area contributed by atoms with Crippen LogP contribution in [0.1, 0.15) is 15.9 Å². The predicted octanol–water partition coefficient (Wildman–Crippen LogP) is 0.865. The summed E-state index contributed by atoms with van der Waals surface area (Å²) in [5.74, 6) is 0.860. The molecule has 0 saturated heterocycles. The maximum absolute atomic E-state index is 12.7. The standard InChI is InChI=1S/C21H19O7P.Na/c1-25-19-12-16(13-20(14-19)26-2)21(22)15-8-10-18(11-9-15)28-29(23,24)27-17-6-4-3-5-7-17;/h3-14H,1-2H3,(H,23,24);/q;+1/p-1. The Morgan fingerprint density at radius 1 is 0.733 bits per heavy atom. The number of rotatable bonds is 8. The molecular weight excluding hydrogens is 418 g/mol. The minimum Gasteiger partial charge on any atom is -0.736 e. The molecule has 0 N–H and O–H groups in total. The van der Waals surface area contributed by atoms with Crippen LogP contribution in [0.25, 0.3) is 0 Å². The number of carbonyl (C=O) groups excluding carboxylic acids is 1. The van der Waals surface area contributed by atoms with Gasteiger partial charge in [-0.3, -0.25) is 4.79 Å². The summed E-state index contributed by atoms with van der Waals surface area (Å²) in [4.78, 5) is 24.8. The van der Waals surface area contributed by atoms with E-state index in [1.54, 1.807) is 36.4 Å². The number of para-hydroxylation sites is 1. The molecule has 1 unspecified atom stereocenters. The minimum atomic E-state index is -4.62. The molecule has 0 radical (unpaired) electrons. The van der Waals surface area contributed by atoms with Crippen LogP contribution in [0.4, 0.5) is 0 Å². The Morgan fingerprint density at radius 3 is 1.73 bits per heavy atom. The Bertz CT molecular complexity index is 1020. The average molecular weight is 436 g/mol. The molecule has 0 saturated carbocycles. The van der Waals surface area contributed by atoms with Crippen molar-refractivity contribution >= 4 is 13.6 Å². The van der Waals surface area contributed by atoms with Crippen molar-refractivity contribution in [3.05, 3.63) is 83.9 Å². The molecule has 150 valence electrons. The third-order valence-corrected chi connectivity index (χ3v) is 4.78. The fourth-order valence-electron chi connectivity index (χ4n) is 2.53. The molecule has 9 heteroatoms. The molecule has 0 aliphatic heterocycles. The summed E-state index contributed by atoms with van der Waals surface area (Å²) in [6, 6.07) is 18.5. The quantitative estimate of drug-likeness (QED) is 0.294. The third-order valence-electron chi connectivity index (χ3n) is 3.91. The van der Waals surface area contributed by atoms with Gasteiger partial charge < -0.3 is 23.4 Å². The van der Waals surface area contributed by atoms with Gasteiger partial charge in [0.1, 0.15) is 23.0 Å². The fourth-order valence-corrected chi connectivity index (χ4v) is 3.33. The van der Waals surface area contributed by atoms with E-state index >= 15 is 0 Å². The molecule has 0 spiro atoms. The van der Waals surface area contributed by atoms with E-state index in [1.807, 2.05) is 0 Å². The fraction of sp³-hybridized carbons (Fsp3) is 0.0952. The van der Waals surface area contributed by atoms with Crippen LogP contribution in [-0.2, 0) is 4.57 Å². The molecule has 0 amide bonds. The van der Waals surface area contributed by atoms with Crippen LogP contribution >= 0.6 is 7.82 Å². The zero-order chi connectivity index (χ0) is 20.9. The number of hydrogen-bond donors (Lipinski definition) is 0. The van der Waals surface area contributed by atoms with Gasteiger partial charge in [-0.05, 0) is 48.5 Å². The maximum atomic E-state index is 12.7. The monoisotopic (exact) mass is 436 g/mol. The molecule has 0 fully saturated rings. The van der Waals surface area contributed by atoms with E-state index in [9.17, 15) is 14.3 Å². The van der Waals surface area contributed by atoms with Crippen LogP contribution in [0, 0.1) is 0 Å². The summed E-state index contributed by atoms with van der Waals surface area (Å²) in [5, 5.41) is 0. The number of ether oxygens (including phenoxy) is 2. The summed E-state index contributed by atoms with van der Waals surface area (Å²) < 4.78 is 32.2. The van der Waals surface area contributed by atoms with Crippen LogP contribution in [0.5, 0.6) is 23.0 Å². The van der Waals surface area contributed by atoms with E-state index in [0.29, 0.717) is 22.6 Å². The number of phosphoric ester groups is 1. The largest absolute Gasteiger partial charge is 1.00 e. The number of phosphoric acid groups is 1. The van der Waals surface area contributed by atoms with Gasteiger partial charge >= 0.3 is 37.4 Å². The van der Waals surface area contributed by atoms with Crippen molar-refractivity contribution in [2.24, 2.45) is 0 Å². The molecule has 0 heterocycles. The maximum Gasteiger partial charge on any atom is 1.00 e. The normalized spacial score (nSPS) is 12.1. The SMILES string of the molecule is COc1cc(OC)cc(C(=O)c2ccc(OP(=O)([O-])Oc3ccccc3)cc2)c1.[Na+]. The second kappa shape index (κ2) is 10.7. The van der Waals surface area contributed by atoms with Gasteiger partial charge in [-0.15, -0.1) is 0 Å². The van der Waals surface area contributed by atoms with Gasteiger partial charge in [0.25, 0.3) is 0 Å². The molecule has 0 bridgehead atoms.